The van der Waals surface area contributed by atoms with Gasteiger partial charge >= 0.3 is 5.97 Å². The van der Waals surface area contributed by atoms with E-state index in [1.54, 1.807) is 26.8 Å². The molecule has 0 bridgehead atoms. The van der Waals surface area contributed by atoms with E-state index >= 15 is 0 Å². The van der Waals surface area contributed by atoms with Crippen LogP contribution < -0.4 is 10.2 Å². The predicted octanol–water partition coefficient (Wildman–Crippen LogP) is 3.23. The number of carbonyl (C=O) groups is 1. The Morgan fingerprint density at radius 3 is 2.52 bits per heavy atom. The largest absolute Gasteiger partial charge is 0.456 e. The number of nitrogens with one attached hydrogen (secondary N) is 1. The van der Waals surface area contributed by atoms with Gasteiger partial charge in [0.2, 0.25) is 0 Å². The minimum Gasteiger partial charge on any atom is -0.456 e. The van der Waals surface area contributed by atoms with Gasteiger partial charge in [0.05, 0.1) is 4.92 Å². The number of ether oxygens (including phenoxy) is 1. The first-order valence-corrected chi connectivity index (χ1v) is 8.45. The van der Waals surface area contributed by atoms with Crippen molar-refractivity contribution in [2.24, 2.45) is 5.92 Å². The van der Waals surface area contributed by atoms with Gasteiger partial charge in [-0.1, -0.05) is 13.8 Å². The standard InChI is InChI=1S/C18H29N3O4/c1-13(2)12-19-9-10-20(6)14-7-8-15(16(11-14)21(23)24)17(22)25-18(3,4)5/h7-8,11,13,19H,9-10,12H2,1-6H3. The van der Waals surface area contributed by atoms with Gasteiger partial charge in [0, 0.05) is 31.9 Å². The smallest absolute Gasteiger partial charge is 0.345 e. The number of nitro benzene ring substituents is 1. The number of benzene rings is 1. The lowest BCUT2D eigenvalue weighted by Crippen LogP contribution is -2.31. The molecular formula is C18H29N3O4. The molecule has 1 aromatic carbocycles. The van der Waals surface area contributed by atoms with Gasteiger partial charge in [-0.15, -0.1) is 0 Å². The number of hydrogen-bond acceptors (Lipinski definition) is 6. The Balaban J connectivity index is 2.89. The van der Waals surface area contributed by atoms with Crippen LogP contribution in [0.2, 0.25) is 0 Å². The third-order valence-electron chi connectivity index (χ3n) is 3.41. The van der Waals surface area contributed by atoms with Crippen LogP contribution >= 0.6 is 0 Å². The maximum Gasteiger partial charge on any atom is 0.345 e. The van der Waals surface area contributed by atoms with Crippen molar-refractivity contribution in [2.75, 3.05) is 31.6 Å². The fourth-order valence-corrected chi connectivity index (χ4v) is 2.18. The first-order valence-electron chi connectivity index (χ1n) is 8.45. The van der Waals surface area contributed by atoms with Crippen molar-refractivity contribution in [3.05, 3.63) is 33.9 Å². The summed E-state index contributed by atoms with van der Waals surface area (Å²) in [6.07, 6.45) is 0. The van der Waals surface area contributed by atoms with Crippen molar-refractivity contribution in [3.63, 3.8) is 0 Å². The highest BCUT2D eigenvalue weighted by Crippen LogP contribution is 2.27. The van der Waals surface area contributed by atoms with Crippen LogP contribution in [-0.4, -0.2) is 43.2 Å². The van der Waals surface area contributed by atoms with E-state index in [0.717, 1.165) is 13.1 Å². The third-order valence-corrected chi connectivity index (χ3v) is 3.41. The summed E-state index contributed by atoms with van der Waals surface area (Å²) in [6.45, 7) is 11.8. The van der Waals surface area contributed by atoms with Gasteiger partial charge in [0.15, 0.2) is 0 Å². The van der Waals surface area contributed by atoms with Gasteiger partial charge in [0.1, 0.15) is 11.2 Å². The minimum absolute atomic E-state index is 0.0324. The van der Waals surface area contributed by atoms with E-state index in [9.17, 15) is 14.9 Å². The Labute approximate surface area is 149 Å². The number of hydrogen-bond donors (Lipinski definition) is 1. The van der Waals surface area contributed by atoms with Crippen LogP contribution in [0.15, 0.2) is 18.2 Å². The summed E-state index contributed by atoms with van der Waals surface area (Å²) in [4.78, 5) is 24.9. The van der Waals surface area contributed by atoms with E-state index in [1.165, 1.54) is 12.1 Å². The topological polar surface area (TPSA) is 84.7 Å². The summed E-state index contributed by atoms with van der Waals surface area (Å²) in [5.41, 5.74) is -0.295. The molecule has 140 valence electrons. The Bertz CT molecular complexity index is 609. The third kappa shape index (κ3) is 7.09. The molecule has 7 nitrogen and oxygen atoms in total. The summed E-state index contributed by atoms with van der Waals surface area (Å²) < 4.78 is 5.25. The van der Waals surface area contributed by atoms with E-state index in [2.05, 4.69) is 19.2 Å². The van der Waals surface area contributed by atoms with Crippen LogP contribution in [0, 0.1) is 16.0 Å². The fourth-order valence-electron chi connectivity index (χ4n) is 2.18. The summed E-state index contributed by atoms with van der Waals surface area (Å²) in [6, 6.07) is 4.58. The minimum atomic E-state index is -0.706. The molecule has 0 atom stereocenters. The average molecular weight is 351 g/mol. The van der Waals surface area contributed by atoms with Gasteiger partial charge in [-0.2, -0.15) is 0 Å². The molecule has 0 heterocycles. The molecule has 0 aliphatic carbocycles. The number of nitrogens with zero attached hydrogens (tertiary/aromatic N) is 2. The number of anilines is 1. The average Bonchev–Trinajstić information content (AvgIpc) is 2.48. The zero-order chi connectivity index (χ0) is 19.2. The molecule has 0 fully saturated rings. The van der Waals surface area contributed by atoms with Gasteiger partial charge in [-0.3, -0.25) is 10.1 Å². The van der Waals surface area contributed by atoms with E-state index in [-0.39, 0.29) is 11.3 Å². The number of rotatable bonds is 8. The van der Waals surface area contributed by atoms with Gasteiger partial charge in [-0.05, 0) is 45.4 Å². The Morgan fingerprint density at radius 1 is 1.36 bits per heavy atom. The lowest BCUT2D eigenvalue weighted by molar-refractivity contribution is -0.385. The molecule has 0 amide bonds. The first-order chi connectivity index (χ1) is 11.5. The van der Waals surface area contributed by atoms with Gasteiger partial charge in [-0.25, -0.2) is 4.79 Å². The summed E-state index contributed by atoms with van der Waals surface area (Å²) in [5.74, 6) is -0.119. The summed E-state index contributed by atoms with van der Waals surface area (Å²) in [7, 11) is 1.86. The quantitative estimate of drug-likeness (QED) is 0.335. The Kier molecular flexibility index (Phi) is 7.36. The zero-order valence-electron chi connectivity index (χ0n) is 16.0. The van der Waals surface area contributed by atoms with Crippen molar-refractivity contribution < 1.29 is 14.5 Å². The summed E-state index contributed by atoms with van der Waals surface area (Å²) in [5, 5.41) is 14.7. The maximum atomic E-state index is 12.2. The maximum absolute atomic E-state index is 12.2. The molecule has 0 unspecified atom stereocenters. The molecule has 1 N–H and O–H groups in total. The highest BCUT2D eigenvalue weighted by molar-refractivity contribution is 5.94. The van der Waals surface area contributed by atoms with E-state index in [0.29, 0.717) is 18.2 Å². The number of carbonyl (C=O) groups excluding carboxylic acids is 1. The normalized spacial score (nSPS) is 11.5. The highest BCUT2D eigenvalue weighted by Gasteiger charge is 2.26. The lowest BCUT2D eigenvalue weighted by Gasteiger charge is -2.21. The molecule has 25 heavy (non-hydrogen) atoms. The van der Waals surface area contributed by atoms with Crippen molar-refractivity contribution in [1.29, 1.82) is 0 Å². The second-order valence-corrected chi connectivity index (χ2v) is 7.48. The molecule has 1 rings (SSSR count). The second-order valence-electron chi connectivity index (χ2n) is 7.48. The fraction of sp³-hybridized carbons (Fsp3) is 0.611. The Hall–Kier alpha value is -2.15. The SMILES string of the molecule is CC(C)CNCCN(C)c1ccc(C(=O)OC(C)(C)C)c([N+](=O)[O-])c1. The molecule has 0 aromatic heterocycles. The molecule has 7 heteroatoms. The van der Waals surface area contributed by atoms with Crippen molar-refractivity contribution in [1.82, 2.24) is 5.32 Å². The number of esters is 1. The number of likely N-dealkylation sites (N-methyl/N-ethyl adjacent to an activating group) is 1. The molecule has 1 aromatic rings. The monoisotopic (exact) mass is 351 g/mol. The molecule has 0 aliphatic heterocycles. The van der Waals surface area contributed by atoms with Crippen LogP contribution in [0.3, 0.4) is 0 Å². The van der Waals surface area contributed by atoms with Crippen molar-refractivity contribution >= 4 is 17.3 Å². The molecule has 0 spiro atoms. The van der Waals surface area contributed by atoms with Crippen LogP contribution in [0.5, 0.6) is 0 Å². The lowest BCUT2D eigenvalue weighted by atomic mass is 10.1. The van der Waals surface area contributed by atoms with Crippen LogP contribution in [0.4, 0.5) is 11.4 Å². The zero-order valence-corrected chi connectivity index (χ0v) is 16.0. The summed E-state index contributed by atoms with van der Waals surface area (Å²) >= 11 is 0. The predicted molar refractivity (Wildman–Crippen MR) is 99.2 cm³/mol. The van der Waals surface area contributed by atoms with E-state index in [1.807, 2.05) is 11.9 Å². The molecule has 0 saturated carbocycles. The van der Waals surface area contributed by atoms with Crippen molar-refractivity contribution in [2.45, 2.75) is 40.2 Å². The van der Waals surface area contributed by atoms with E-state index < -0.39 is 16.5 Å². The molecule has 0 radical (unpaired) electrons. The highest BCUT2D eigenvalue weighted by atomic mass is 16.6. The van der Waals surface area contributed by atoms with Gasteiger partial charge < -0.3 is 15.0 Å². The first kappa shape index (κ1) is 20.9. The van der Waals surface area contributed by atoms with Gasteiger partial charge in [0.25, 0.3) is 5.69 Å². The second kappa shape index (κ2) is 8.80. The van der Waals surface area contributed by atoms with E-state index in [4.69, 9.17) is 4.74 Å². The van der Waals surface area contributed by atoms with Crippen LogP contribution in [0.1, 0.15) is 45.0 Å². The molecule has 0 aliphatic rings. The Morgan fingerprint density at radius 2 is 2.00 bits per heavy atom. The molecular weight excluding hydrogens is 322 g/mol. The van der Waals surface area contributed by atoms with Crippen LogP contribution in [0.25, 0.3) is 0 Å². The number of nitro groups is 1. The van der Waals surface area contributed by atoms with Crippen molar-refractivity contribution in [3.8, 4) is 0 Å². The molecule has 0 saturated heterocycles. The van der Waals surface area contributed by atoms with Crippen LogP contribution in [-0.2, 0) is 4.74 Å².